The van der Waals surface area contributed by atoms with Crippen LogP contribution in [0.2, 0.25) is 0 Å². The predicted molar refractivity (Wildman–Crippen MR) is 162 cm³/mol. The van der Waals surface area contributed by atoms with Crippen molar-refractivity contribution in [3.63, 3.8) is 0 Å². The number of hydrogen-bond acceptors (Lipinski definition) is 9. The van der Waals surface area contributed by atoms with Gasteiger partial charge in [0.05, 0.1) is 38.2 Å². The number of hydrogen-bond donors (Lipinski definition) is 1. The molecular formula is C33H41N5O4. The normalized spacial score (nSPS) is 16.5. The van der Waals surface area contributed by atoms with Crippen LogP contribution >= 0.6 is 0 Å². The molecule has 5 rings (SSSR count). The van der Waals surface area contributed by atoms with Gasteiger partial charge in [0.25, 0.3) is 0 Å². The molecule has 2 aliphatic rings. The zero-order chi connectivity index (χ0) is 29.1. The molecule has 2 aromatic carbocycles. The van der Waals surface area contributed by atoms with E-state index in [1.54, 1.807) is 19.4 Å². The third-order valence-corrected chi connectivity index (χ3v) is 8.11. The van der Waals surface area contributed by atoms with Gasteiger partial charge in [-0.1, -0.05) is 13.0 Å². The highest BCUT2D eigenvalue weighted by atomic mass is 16.5. The van der Waals surface area contributed by atoms with E-state index in [0.717, 1.165) is 43.0 Å². The molecule has 222 valence electrons. The van der Waals surface area contributed by atoms with Crippen molar-refractivity contribution in [2.24, 2.45) is 5.92 Å². The maximum absolute atomic E-state index is 9.78. The summed E-state index contributed by atoms with van der Waals surface area (Å²) in [5.74, 6) is 3.14. The number of nitrogens with zero attached hydrogens (tertiary/aromatic N) is 4. The van der Waals surface area contributed by atoms with E-state index in [4.69, 9.17) is 23.9 Å². The number of anilines is 2. The van der Waals surface area contributed by atoms with Gasteiger partial charge in [0, 0.05) is 36.4 Å². The maximum Gasteiger partial charge on any atom is 0.227 e. The van der Waals surface area contributed by atoms with Crippen molar-refractivity contribution in [2.75, 3.05) is 51.9 Å². The zero-order valence-electron chi connectivity index (χ0n) is 24.7. The molecule has 2 aliphatic heterocycles. The quantitative estimate of drug-likeness (QED) is 0.254. The Bertz CT molecular complexity index is 1350. The highest BCUT2D eigenvalue weighted by molar-refractivity contribution is 5.72. The van der Waals surface area contributed by atoms with Gasteiger partial charge >= 0.3 is 0 Å². The number of nitriles is 1. The van der Waals surface area contributed by atoms with E-state index in [9.17, 15) is 5.26 Å². The number of aromatic nitrogens is 2. The number of likely N-dealkylation sites (tertiary alicyclic amines) is 1. The molecule has 2 fully saturated rings. The summed E-state index contributed by atoms with van der Waals surface area (Å²) in [4.78, 5) is 11.7. The summed E-state index contributed by atoms with van der Waals surface area (Å²) in [6, 6.07) is 15.4. The lowest BCUT2D eigenvalue weighted by Crippen LogP contribution is -2.33. The number of rotatable bonds is 12. The van der Waals surface area contributed by atoms with Gasteiger partial charge in [-0.05, 0) is 81.6 Å². The summed E-state index contributed by atoms with van der Waals surface area (Å²) >= 11 is 0. The second kappa shape index (κ2) is 14.9. The first-order valence-electron chi connectivity index (χ1n) is 15.1. The van der Waals surface area contributed by atoms with Crippen LogP contribution in [0.5, 0.6) is 17.2 Å². The minimum Gasteiger partial charge on any atom is -0.493 e. The third-order valence-electron chi connectivity index (χ3n) is 8.11. The molecule has 0 radical (unpaired) electrons. The van der Waals surface area contributed by atoms with E-state index >= 15 is 0 Å². The van der Waals surface area contributed by atoms with Crippen LogP contribution in [0.4, 0.5) is 11.6 Å². The lowest BCUT2D eigenvalue weighted by molar-refractivity contribution is 0.0257. The van der Waals surface area contributed by atoms with Gasteiger partial charge in [-0.25, -0.2) is 9.97 Å². The minimum absolute atomic E-state index is 0.00163. The SMILES string of the molecule is CCN1CCC(CCCOc2cc(Nc3nccc(-c4cccc(C#N)c4OC4CCOCC4)n3)ccc2OC)CC1. The first-order chi connectivity index (χ1) is 20.7. The fraction of sp³-hybridized carbons (Fsp3) is 0.485. The highest BCUT2D eigenvalue weighted by Crippen LogP contribution is 2.35. The van der Waals surface area contributed by atoms with E-state index in [1.807, 2.05) is 36.4 Å². The second-order valence-corrected chi connectivity index (χ2v) is 10.8. The van der Waals surface area contributed by atoms with Gasteiger partial charge in [-0.15, -0.1) is 0 Å². The Labute approximate surface area is 248 Å². The van der Waals surface area contributed by atoms with Crippen molar-refractivity contribution in [1.29, 1.82) is 5.26 Å². The Balaban J connectivity index is 1.25. The molecule has 0 amide bonds. The molecule has 1 aromatic heterocycles. The van der Waals surface area contributed by atoms with E-state index in [2.05, 4.69) is 28.2 Å². The summed E-state index contributed by atoms with van der Waals surface area (Å²) in [6.45, 7) is 7.76. The summed E-state index contributed by atoms with van der Waals surface area (Å²) in [5, 5.41) is 13.1. The third kappa shape index (κ3) is 7.69. The van der Waals surface area contributed by atoms with Crippen molar-refractivity contribution in [3.05, 3.63) is 54.2 Å². The van der Waals surface area contributed by atoms with Gasteiger partial charge < -0.3 is 29.2 Å². The molecule has 42 heavy (non-hydrogen) atoms. The second-order valence-electron chi connectivity index (χ2n) is 10.8. The van der Waals surface area contributed by atoms with E-state index in [-0.39, 0.29) is 6.10 Å². The van der Waals surface area contributed by atoms with Crippen LogP contribution in [0, 0.1) is 17.2 Å². The van der Waals surface area contributed by atoms with Crippen molar-refractivity contribution in [2.45, 2.75) is 51.6 Å². The van der Waals surface area contributed by atoms with Crippen LogP contribution in [-0.2, 0) is 4.74 Å². The maximum atomic E-state index is 9.78. The number of methoxy groups -OCH3 is 1. The minimum atomic E-state index is -0.00163. The largest absolute Gasteiger partial charge is 0.493 e. The Morgan fingerprint density at radius 2 is 1.90 bits per heavy atom. The number of para-hydroxylation sites is 1. The number of nitrogens with one attached hydrogen (secondary N) is 1. The Morgan fingerprint density at radius 1 is 1.07 bits per heavy atom. The zero-order valence-corrected chi connectivity index (χ0v) is 24.7. The predicted octanol–water partition coefficient (Wildman–Crippen LogP) is 6.22. The molecule has 0 atom stereocenters. The van der Waals surface area contributed by atoms with Crippen LogP contribution in [0.25, 0.3) is 11.3 Å². The van der Waals surface area contributed by atoms with Crippen LogP contribution in [-0.4, -0.2) is 67.5 Å². The lowest BCUT2D eigenvalue weighted by atomic mass is 9.92. The van der Waals surface area contributed by atoms with Crippen LogP contribution in [0.15, 0.2) is 48.7 Å². The molecule has 0 aliphatic carbocycles. The monoisotopic (exact) mass is 571 g/mol. The average molecular weight is 572 g/mol. The van der Waals surface area contributed by atoms with Crippen molar-refractivity contribution < 1.29 is 18.9 Å². The number of piperidine rings is 1. The average Bonchev–Trinajstić information content (AvgIpc) is 3.04. The molecular weight excluding hydrogens is 530 g/mol. The van der Waals surface area contributed by atoms with Gasteiger partial charge in [-0.3, -0.25) is 0 Å². The van der Waals surface area contributed by atoms with Gasteiger partial charge in [0.1, 0.15) is 17.9 Å². The molecule has 9 heteroatoms. The molecule has 3 aromatic rings. The standard InChI is InChI=1S/C33H41N5O4/c1-3-38-17-12-24(13-18-38)6-5-19-41-31-22-26(9-10-30(31)39-2)36-33-35-16-11-29(37-33)28-8-4-7-25(23-34)32(28)42-27-14-20-40-21-15-27/h4,7-11,16,22,24,27H,3,5-6,12-15,17-21H2,1-2H3,(H,35,36,37). The summed E-state index contributed by atoms with van der Waals surface area (Å²) in [6.07, 6.45) is 8.03. The first-order valence-corrected chi connectivity index (χ1v) is 15.1. The molecule has 0 spiro atoms. The lowest BCUT2D eigenvalue weighted by Gasteiger charge is -2.31. The molecule has 1 N–H and O–H groups in total. The Kier molecular flexibility index (Phi) is 10.5. The molecule has 0 unspecified atom stereocenters. The Morgan fingerprint density at radius 3 is 2.67 bits per heavy atom. The highest BCUT2D eigenvalue weighted by Gasteiger charge is 2.21. The van der Waals surface area contributed by atoms with Gasteiger partial charge in [-0.2, -0.15) is 5.26 Å². The summed E-state index contributed by atoms with van der Waals surface area (Å²) in [5.41, 5.74) is 2.70. The number of benzene rings is 2. The molecule has 9 nitrogen and oxygen atoms in total. The van der Waals surface area contributed by atoms with Crippen LogP contribution in [0.1, 0.15) is 51.0 Å². The molecule has 0 bridgehead atoms. The first kappa shape index (κ1) is 29.6. The van der Waals surface area contributed by atoms with Gasteiger partial charge in [0.2, 0.25) is 5.95 Å². The van der Waals surface area contributed by atoms with E-state index in [1.165, 1.54) is 32.4 Å². The molecule has 0 saturated carbocycles. The fourth-order valence-electron chi connectivity index (χ4n) is 5.62. The summed E-state index contributed by atoms with van der Waals surface area (Å²) < 4.78 is 23.5. The fourth-order valence-corrected chi connectivity index (χ4v) is 5.62. The van der Waals surface area contributed by atoms with Crippen molar-refractivity contribution in [3.8, 4) is 34.6 Å². The smallest absolute Gasteiger partial charge is 0.227 e. The van der Waals surface area contributed by atoms with E-state index < -0.39 is 0 Å². The number of ether oxygens (including phenoxy) is 4. The van der Waals surface area contributed by atoms with Gasteiger partial charge in [0.15, 0.2) is 11.5 Å². The topological polar surface area (TPSA) is 102 Å². The van der Waals surface area contributed by atoms with Crippen LogP contribution < -0.4 is 19.5 Å². The Hall–Kier alpha value is -3.87. The summed E-state index contributed by atoms with van der Waals surface area (Å²) in [7, 11) is 1.65. The van der Waals surface area contributed by atoms with Crippen LogP contribution in [0.3, 0.4) is 0 Å². The molecule has 2 saturated heterocycles. The van der Waals surface area contributed by atoms with E-state index in [0.29, 0.717) is 54.3 Å². The molecule has 3 heterocycles. The van der Waals surface area contributed by atoms with Crippen molar-refractivity contribution in [1.82, 2.24) is 14.9 Å². The van der Waals surface area contributed by atoms with Crippen molar-refractivity contribution >= 4 is 11.6 Å².